The molecule has 0 bridgehead atoms. The van der Waals surface area contributed by atoms with Crippen LogP contribution in [0.1, 0.15) is 20.8 Å². The zero-order valence-corrected chi connectivity index (χ0v) is 12.3. The molecule has 0 aromatic heterocycles. The highest BCUT2D eigenvalue weighted by molar-refractivity contribution is 6.30. The fourth-order valence-electron chi connectivity index (χ4n) is 1.32. The van der Waals surface area contributed by atoms with Gasteiger partial charge < -0.3 is 16.0 Å². The summed E-state index contributed by atoms with van der Waals surface area (Å²) in [6.45, 7) is 5.62. The van der Waals surface area contributed by atoms with E-state index >= 15 is 0 Å². The summed E-state index contributed by atoms with van der Waals surface area (Å²) >= 11 is 5.81. The van der Waals surface area contributed by atoms with Crippen LogP contribution in [0, 0.1) is 0 Å². The zero-order valence-electron chi connectivity index (χ0n) is 11.6. The summed E-state index contributed by atoms with van der Waals surface area (Å²) in [5.74, 6) is 0.115. The van der Waals surface area contributed by atoms with Gasteiger partial charge in [0.05, 0.1) is 0 Å². The van der Waals surface area contributed by atoms with E-state index in [4.69, 9.17) is 17.3 Å². The summed E-state index contributed by atoms with van der Waals surface area (Å²) in [7, 11) is 1.73. The number of amides is 2. The molecule has 0 heterocycles. The van der Waals surface area contributed by atoms with Crippen molar-refractivity contribution in [3.8, 4) is 0 Å². The van der Waals surface area contributed by atoms with Crippen LogP contribution in [-0.2, 0) is 0 Å². The summed E-state index contributed by atoms with van der Waals surface area (Å²) in [6.07, 6.45) is 0. The molecule has 0 atom stereocenters. The van der Waals surface area contributed by atoms with E-state index in [1.807, 2.05) is 20.8 Å². The number of guanidine groups is 1. The normalized spacial score (nSPS) is 12.2. The van der Waals surface area contributed by atoms with Crippen molar-refractivity contribution in [2.75, 3.05) is 11.9 Å². The van der Waals surface area contributed by atoms with E-state index < -0.39 is 6.03 Å². The lowest BCUT2D eigenvalue weighted by atomic mass is 10.1. The molecule has 0 radical (unpaired) electrons. The van der Waals surface area contributed by atoms with Crippen molar-refractivity contribution in [3.05, 3.63) is 29.3 Å². The van der Waals surface area contributed by atoms with Gasteiger partial charge in [-0.1, -0.05) is 11.6 Å². The summed E-state index contributed by atoms with van der Waals surface area (Å²) in [4.78, 5) is 17.0. The minimum Gasteiger partial charge on any atom is -0.369 e. The fourth-order valence-corrected chi connectivity index (χ4v) is 1.45. The largest absolute Gasteiger partial charge is 0.369 e. The third-order valence-electron chi connectivity index (χ3n) is 2.26. The first-order valence-electron chi connectivity index (χ1n) is 5.84. The van der Waals surface area contributed by atoms with E-state index in [0.29, 0.717) is 5.02 Å². The highest BCUT2D eigenvalue weighted by Gasteiger charge is 2.14. The third-order valence-corrected chi connectivity index (χ3v) is 2.51. The number of benzene rings is 1. The summed E-state index contributed by atoms with van der Waals surface area (Å²) in [6, 6.07) is 6.62. The lowest BCUT2D eigenvalue weighted by Crippen LogP contribution is -2.42. The van der Waals surface area contributed by atoms with E-state index in [0.717, 1.165) is 5.69 Å². The van der Waals surface area contributed by atoms with Gasteiger partial charge in [0.25, 0.3) is 0 Å². The molecule has 0 fully saturated rings. The third kappa shape index (κ3) is 5.18. The number of anilines is 1. The molecule has 0 saturated carbocycles. The van der Waals surface area contributed by atoms with Crippen molar-refractivity contribution in [1.29, 1.82) is 0 Å². The Balaban J connectivity index is 2.79. The number of halogens is 1. The van der Waals surface area contributed by atoms with Gasteiger partial charge >= 0.3 is 6.03 Å². The summed E-state index contributed by atoms with van der Waals surface area (Å²) in [5.41, 5.74) is 6.24. The Morgan fingerprint density at radius 2 is 1.84 bits per heavy atom. The van der Waals surface area contributed by atoms with Crippen molar-refractivity contribution >= 4 is 29.3 Å². The number of rotatable bonds is 1. The Morgan fingerprint density at radius 3 is 2.32 bits per heavy atom. The lowest BCUT2D eigenvalue weighted by molar-refractivity contribution is 0.241. The van der Waals surface area contributed by atoms with Crippen LogP contribution >= 0.6 is 11.6 Å². The zero-order chi connectivity index (χ0) is 14.6. The first-order valence-corrected chi connectivity index (χ1v) is 6.22. The number of aliphatic imine (C=N–C) groups is 1. The maximum absolute atomic E-state index is 11.6. The first-order chi connectivity index (χ1) is 8.69. The van der Waals surface area contributed by atoms with Crippen LogP contribution < -0.4 is 16.0 Å². The van der Waals surface area contributed by atoms with Crippen LogP contribution in [0.4, 0.5) is 10.5 Å². The van der Waals surface area contributed by atoms with Crippen LogP contribution in [-0.4, -0.2) is 24.6 Å². The van der Waals surface area contributed by atoms with Gasteiger partial charge in [-0.2, -0.15) is 4.99 Å². The van der Waals surface area contributed by atoms with E-state index in [1.165, 1.54) is 0 Å². The van der Waals surface area contributed by atoms with E-state index in [2.05, 4.69) is 10.3 Å². The van der Waals surface area contributed by atoms with Crippen molar-refractivity contribution < 1.29 is 4.79 Å². The van der Waals surface area contributed by atoms with Crippen molar-refractivity contribution in [3.63, 3.8) is 0 Å². The second-order valence-corrected chi connectivity index (χ2v) is 5.62. The van der Waals surface area contributed by atoms with Gasteiger partial charge in [-0.15, -0.1) is 0 Å². The maximum atomic E-state index is 11.6. The second kappa shape index (κ2) is 5.93. The molecule has 104 valence electrons. The molecule has 2 amide bonds. The Hall–Kier alpha value is -1.75. The quantitative estimate of drug-likeness (QED) is 0.614. The smallest absolute Gasteiger partial charge is 0.344 e. The fraction of sp³-hybridized carbons (Fsp3) is 0.385. The molecule has 0 aliphatic rings. The number of nitrogens with zero attached hydrogens (tertiary/aromatic N) is 2. The molecule has 5 nitrogen and oxygen atoms in total. The van der Waals surface area contributed by atoms with Crippen molar-refractivity contribution in [1.82, 2.24) is 5.32 Å². The standard InChI is InChI=1S/C13H19ClN4O/c1-13(2,3)17-12(19)16-11(15)18(4)10-7-5-9(14)6-8-10/h5-8H,1-4H3,(H3,15,16,17,19). The van der Waals surface area contributed by atoms with Gasteiger partial charge in [0.1, 0.15) is 0 Å². The molecular formula is C13H19ClN4O. The van der Waals surface area contributed by atoms with Gasteiger partial charge in [-0.05, 0) is 45.0 Å². The second-order valence-electron chi connectivity index (χ2n) is 5.19. The average Bonchev–Trinajstić information content (AvgIpc) is 2.26. The topological polar surface area (TPSA) is 70.7 Å². The molecule has 0 aliphatic carbocycles. The summed E-state index contributed by atoms with van der Waals surface area (Å²) in [5, 5.41) is 3.35. The highest BCUT2D eigenvalue weighted by atomic mass is 35.5. The molecule has 19 heavy (non-hydrogen) atoms. The van der Waals surface area contributed by atoms with Crippen LogP contribution in [0.2, 0.25) is 5.02 Å². The molecular weight excluding hydrogens is 264 g/mol. The average molecular weight is 283 g/mol. The maximum Gasteiger partial charge on any atom is 0.344 e. The van der Waals surface area contributed by atoms with Gasteiger partial charge in [0.15, 0.2) is 0 Å². The Labute approximate surface area is 118 Å². The molecule has 1 aromatic rings. The lowest BCUT2D eigenvalue weighted by Gasteiger charge is -2.21. The number of hydrogen-bond acceptors (Lipinski definition) is 1. The molecule has 0 spiro atoms. The molecule has 1 aromatic carbocycles. The van der Waals surface area contributed by atoms with Gasteiger partial charge in [-0.3, -0.25) is 0 Å². The van der Waals surface area contributed by atoms with Gasteiger partial charge in [-0.25, -0.2) is 4.79 Å². The minimum absolute atomic E-state index is 0.115. The number of hydrogen-bond donors (Lipinski definition) is 2. The van der Waals surface area contributed by atoms with Crippen LogP contribution in [0.15, 0.2) is 29.3 Å². The predicted octanol–water partition coefficient (Wildman–Crippen LogP) is 2.60. The number of carbonyl (C=O) groups is 1. The Bertz CT molecular complexity index is 476. The number of urea groups is 1. The molecule has 0 unspecified atom stereocenters. The van der Waals surface area contributed by atoms with Crippen molar-refractivity contribution in [2.45, 2.75) is 26.3 Å². The molecule has 6 heteroatoms. The van der Waals surface area contributed by atoms with Crippen LogP contribution in [0.5, 0.6) is 0 Å². The number of nitrogens with one attached hydrogen (secondary N) is 1. The number of nitrogens with two attached hydrogens (primary N) is 1. The molecule has 3 N–H and O–H groups in total. The van der Waals surface area contributed by atoms with Gasteiger partial charge in [0, 0.05) is 23.3 Å². The predicted molar refractivity (Wildman–Crippen MR) is 79.8 cm³/mol. The van der Waals surface area contributed by atoms with Crippen LogP contribution in [0.25, 0.3) is 0 Å². The van der Waals surface area contributed by atoms with E-state index in [-0.39, 0.29) is 11.5 Å². The molecule has 1 rings (SSSR count). The Kier molecular flexibility index (Phi) is 4.78. The number of carbonyl (C=O) groups excluding carboxylic acids is 1. The van der Waals surface area contributed by atoms with E-state index in [1.54, 1.807) is 36.2 Å². The monoisotopic (exact) mass is 282 g/mol. The van der Waals surface area contributed by atoms with Crippen molar-refractivity contribution in [2.24, 2.45) is 10.7 Å². The summed E-state index contributed by atoms with van der Waals surface area (Å²) < 4.78 is 0. The minimum atomic E-state index is -0.467. The van der Waals surface area contributed by atoms with Gasteiger partial charge in [0.2, 0.25) is 5.96 Å². The molecule has 0 aliphatic heterocycles. The SMILES string of the molecule is CN(/C(N)=N/C(=O)NC(C)(C)C)c1ccc(Cl)cc1. The highest BCUT2D eigenvalue weighted by Crippen LogP contribution is 2.16. The Morgan fingerprint density at radius 1 is 1.32 bits per heavy atom. The van der Waals surface area contributed by atoms with Crippen LogP contribution in [0.3, 0.4) is 0 Å². The molecule has 0 saturated heterocycles. The van der Waals surface area contributed by atoms with E-state index in [9.17, 15) is 4.79 Å². The first kappa shape index (κ1) is 15.3.